The molecule has 1 aromatic heterocycles. The van der Waals surface area contributed by atoms with E-state index < -0.39 is 0 Å². The van der Waals surface area contributed by atoms with Crippen LogP contribution in [0.2, 0.25) is 0 Å². The molecule has 0 saturated heterocycles. The predicted molar refractivity (Wildman–Crippen MR) is 72.6 cm³/mol. The SMILES string of the molecule is Cc1cc(C)cc(CO/N=C/c2cccs2)c1. The summed E-state index contributed by atoms with van der Waals surface area (Å²) < 4.78 is 0. The summed E-state index contributed by atoms with van der Waals surface area (Å²) >= 11 is 1.64. The number of rotatable bonds is 4. The van der Waals surface area contributed by atoms with Gasteiger partial charge in [0.2, 0.25) is 0 Å². The molecule has 0 radical (unpaired) electrons. The van der Waals surface area contributed by atoms with Gasteiger partial charge in [0.25, 0.3) is 0 Å². The van der Waals surface area contributed by atoms with Crippen LogP contribution in [0.4, 0.5) is 0 Å². The van der Waals surface area contributed by atoms with Crippen LogP contribution in [0.25, 0.3) is 0 Å². The van der Waals surface area contributed by atoms with E-state index >= 15 is 0 Å². The lowest BCUT2D eigenvalue weighted by Crippen LogP contribution is -1.90. The minimum atomic E-state index is 0.518. The molecule has 0 atom stereocenters. The third-order valence-corrected chi connectivity index (χ3v) is 3.12. The summed E-state index contributed by atoms with van der Waals surface area (Å²) in [6.07, 6.45) is 1.74. The topological polar surface area (TPSA) is 21.6 Å². The first-order valence-corrected chi connectivity index (χ1v) is 6.38. The van der Waals surface area contributed by atoms with Crippen molar-refractivity contribution >= 4 is 17.6 Å². The molecule has 0 fully saturated rings. The van der Waals surface area contributed by atoms with Crippen molar-refractivity contribution in [2.24, 2.45) is 5.16 Å². The normalized spacial score (nSPS) is 10.9. The Labute approximate surface area is 106 Å². The number of aryl methyl sites for hydroxylation is 2. The van der Waals surface area contributed by atoms with Crippen molar-refractivity contribution in [1.82, 2.24) is 0 Å². The molecule has 3 heteroatoms. The molecule has 1 aromatic carbocycles. The first kappa shape index (κ1) is 11.9. The van der Waals surface area contributed by atoms with E-state index in [1.54, 1.807) is 17.6 Å². The number of hydrogen-bond acceptors (Lipinski definition) is 3. The highest BCUT2D eigenvalue weighted by Crippen LogP contribution is 2.10. The largest absolute Gasteiger partial charge is 0.391 e. The number of nitrogens with zero attached hydrogens (tertiary/aromatic N) is 1. The average molecular weight is 245 g/mol. The van der Waals surface area contributed by atoms with E-state index in [0.29, 0.717) is 6.61 Å². The van der Waals surface area contributed by atoms with Crippen LogP contribution in [0.15, 0.2) is 40.9 Å². The van der Waals surface area contributed by atoms with Gasteiger partial charge in [0.1, 0.15) is 6.61 Å². The van der Waals surface area contributed by atoms with Gasteiger partial charge >= 0.3 is 0 Å². The molecule has 1 heterocycles. The standard InChI is InChI=1S/C14H15NOS/c1-11-6-12(2)8-13(7-11)10-16-15-9-14-4-3-5-17-14/h3-9H,10H2,1-2H3/b15-9+. The molecule has 2 nitrogen and oxygen atoms in total. The molecule has 0 unspecified atom stereocenters. The number of oxime groups is 1. The van der Waals surface area contributed by atoms with Crippen LogP contribution in [0, 0.1) is 13.8 Å². The van der Waals surface area contributed by atoms with Crippen LogP contribution in [0.5, 0.6) is 0 Å². The molecule has 0 saturated carbocycles. The zero-order valence-electron chi connectivity index (χ0n) is 10.0. The van der Waals surface area contributed by atoms with Crippen molar-refractivity contribution < 1.29 is 4.84 Å². The number of thiophene rings is 1. The van der Waals surface area contributed by atoms with E-state index in [0.717, 1.165) is 10.4 Å². The molecule has 0 aliphatic rings. The van der Waals surface area contributed by atoms with Crippen molar-refractivity contribution in [2.45, 2.75) is 20.5 Å². The van der Waals surface area contributed by atoms with Crippen LogP contribution in [0.3, 0.4) is 0 Å². The van der Waals surface area contributed by atoms with Gasteiger partial charge in [-0.15, -0.1) is 11.3 Å². The molecular formula is C14H15NOS. The predicted octanol–water partition coefficient (Wildman–Crippen LogP) is 3.92. The fraction of sp³-hybridized carbons (Fsp3) is 0.214. The Morgan fingerprint density at radius 2 is 2.00 bits per heavy atom. The quantitative estimate of drug-likeness (QED) is 0.591. The van der Waals surface area contributed by atoms with Gasteiger partial charge in [0.15, 0.2) is 0 Å². The molecule has 0 N–H and O–H groups in total. The lowest BCUT2D eigenvalue weighted by molar-refractivity contribution is 0.132. The highest BCUT2D eigenvalue weighted by molar-refractivity contribution is 7.11. The van der Waals surface area contributed by atoms with Crippen LogP contribution >= 0.6 is 11.3 Å². The molecule has 17 heavy (non-hydrogen) atoms. The summed E-state index contributed by atoms with van der Waals surface area (Å²) in [5, 5.41) is 5.97. The first-order chi connectivity index (χ1) is 8.24. The number of hydrogen-bond donors (Lipinski definition) is 0. The third-order valence-electron chi connectivity index (χ3n) is 2.31. The second kappa shape index (κ2) is 5.64. The summed E-state index contributed by atoms with van der Waals surface area (Å²) in [4.78, 5) is 6.38. The van der Waals surface area contributed by atoms with E-state index in [4.69, 9.17) is 4.84 Å². The van der Waals surface area contributed by atoms with Crippen LogP contribution < -0.4 is 0 Å². The van der Waals surface area contributed by atoms with E-state index in [9.17, 15) is 0 Å². The Morgan fingerprint density at radius 1 is 1.24 bits per heavy atom. The summed E-state index contributed by atoms with van der Waals surface area (Å²) in [6, 6.07) is 10.4. The second-order valence-corrected chi connectivity index (χ2v) is 5.00. The van der Waals surface area contributed by atoms with Crippen molar-refractivity contribution in [3.63, 3.8) is 0 Å². The third kappa shape index (κ3) is 3.71. The van der Waals surface area contributed by atoms with Crippen molar-refractivity contribution in [3.8, 4) is 0 Å². The maximum atomic E-state index is 5.28. The van der Waals surface area contributed by atoms with E-state index in [1.165, 1.54) is 11.1 Å². The smallest absolute Gasteiger partial charge is 0.142 e. The van der Waals surface area contributed by atoms with E-state index in [-0.39, 0.29) is 0 Å². The van der Waals surface area contributed by atoms with E-state index in [1.807, 2.05) is 17.5 Å². The minimum absolute atomic E-state index is 0.518. The zero-order valence-corrected chi connectivity index (χ0v) is 10.8. The highest BCUT2D eigenvalue weighted by Gasteiger charge is 1.96. The van der Waals surface area contributed by atoms with Crippen LogP contribution in [0.1, 0.15) is 21.6 Å². The van der Waals surface area contributed by atoms with Gasteiger partial charge in [0.05, 0.1) is 6.21 Å². The fourth-order valence-corrected chi connectivity index (χ4v) is 2.29. The van der Waals surface area contributed by atoms with Crippen molar-refractivity contribution in [3.05, 3.63) is 57.3 Å². The van der Waals surface area contributed by atoms with Gasteiger partial charge in [-0.3, -0.25) is 0 Å². The average Bonchev–Trinajstić information content (AvgIpc) is 2.76. The summed E-state index contributed by atoms with van der Waals surface area (Å²) in [5.41, 5.74) is 3.67. The molecule has 2 rings (SSSR count). The molecule has 0 aliphatic heterocycles. The first-order valence-electron chi connectivity index (χ1n) is 5.50. The monoisotopic (exact) mass is 245 g/mol. The molecule has 0 amide bonds. The van der Waals surface area contributed by atoms with Gasteiger partial charge in [-0.2, -0.15) is 0 Å². The summed E-state index contributed by atoms with van der Waals surface area (Å²) in [6.45, 7) is 4.70. The maximum Gasteiger partial charge on any atom is 0.142 e. The Bertz CT molecular complexity index is 483. The maximum absolute atomic E-state index is 5.28. The van der Waals surface area contributed by atoms with Gasteiger partial charge in [0, 0.05) is 4.88 Å². The lowest BCUT2D eigenvalue weighted by Gasteiger charge is -2.03. The molecule has 2 aromatic rings. The molecule has 0 spiro atoms. The van der Waals surface area contributed by atoms with Crippen LogP contribution in [-0.2, 0) is 11.4 Å². The van der Waals surface area contributed by atoms with E-state index in [2.05, 4.69) is 37.2 Å². The molecular weight excluding hydrogens is 230 g/mol. The Morgan fingerprint density at radius 3 is 2.65 bits per heavy atom. The van der Waals surface area contributed by atoms with Gasteiger partial charge < -0.3 is 4.84 Å². The highest BCUT2D eigenvalue weighted by atomic mass is 32.1. The fourth-order valence-electron chi connectivity index (χ4n) is 1.72. The van der Waals surface area contributed by atoms with Crippen LogP contribution in [-0.4, -0.2) is 6.21 Å². The molecule has 88 valence electrons. The van der Waals surface area contributed by atoms with Gasteiger partial charge in [-0.05, 0) is 30.9 Å². The summed E-state index contributed by atoms with van der Waals surface area (Å²) in [7, 11) is 0. The Balaban J connectivity index is 1.90. The van der Waals surface area contributed by atoms with Gasteiger partial charge in [-0.1, -0.05) is 40.5 Å². The Kier molecular flexibility index (Phi) is 3.94. The second-order valence-electron chi connectivity index (χ2n) is 4.02. The zero-order chi connectivity index (χ0) is 12.1. The molecule has 0 bridgehead atoms. The van der Waals surface area contributed by atoms with Crippen molar-refractivity contribution in [1.29, 1.82) is 0 Å². The van der Waals surface area contributed by atoms with Crippen molar-refractivity contribution in [2.75, 3.05) is 0 Å². The minimum Gasteiger partial charge on any atom is -0.391 e. The van der Waals surface area contributed by atoms with Gasteiger partial charge in [-0.25, -0.2) is 0 Å². The lowest BCUT2D eigenvalue weighted by atomic mass is 10.1. The molecule has 0 aliphatic carbocycles. The number of benzene rings is 1. The Hall–Kier alpha value is -1.61. The summed E-state index contributed by atoms with van der Waals surface area (Å²) in [5.74, 6) is 0.